The number of hydrogen-bond donors (Lipinski definition) is 0. The zero-order chi connectivity index (χ0) is 13.9. The maximum absolute atomic E-state index is 5.24. The smallest absolute Gasteiger partial charge is 0.121 e. The van der Waals surface area contributed by atoms with Gasteiger partial charge < -0.3 is 9.47 Å². The van der Waals surface area contributed by atoms with Crippen LogP contribution >= 0.6 is 0 Å². The molecule has 3 rings (SSSR count). The number of fused-ring (bicyclic) bond motifs is 1. The number of benzene rings is 2. The molecule has 0 saturated carbocycles. The summed E-state index contributed by atoms with van der Waals surface area (Å²) in [5.41, 5.74) is 3.22. The predicted octanol–water partition coefficient (Wildman–Crippen LogP) is 3.92. The zero-order valence-electron chi connectivity index (χ0n) is 11.5. The molecule has 3 heteroatoms. The molecule has 0 N–H and O–H groups in total. The minimum absolute atomic E-state index is 0.817. The van der Waals surface area contributed by atoms with Crippen molar-refractivity contribution in [1.82, 2.24) is 4.98 Å². The van der Waals surface area contributed by atoms with E-state index in [0.29, 0.717) is 0 Å². The Morgan fingerprint density at radius 1 is 0.800 bits per heavy atom. The summed E-state index contributed by atoms with van der Waals surface area (Å²) in [5.74, 6) is 1.67. The van der Waals surface area contributed by atoms with Crippen LogP contribution in [0.25, 0.3) is 22.0 Å². The number of pyridine rings is 1. The molecule has 0 unspecified atom stereocenters. The highest BCUT2D eigenvalue weighted by Gasteiger charge is 2.06. The molecule has 0 atom stereocenters. The monoisotopic (exact) mass is 265 g/mol. The highest BCUT2D eigenvalue weighted by Crippen LogP contribution is 2.30. The Morgan fingerprint density at radius 2 is 1.50 bits per heavy atom. The maximum Gasteiger partial charge on any atom is 0.121 e. The molecule has 0 radical (unpaired) electrons. The average Bonchev–Trinajstić information content (AvgIpc) is 2.54. The number of nitrogens with zero attached hydrogens (tertiary/aromatic N) is 1. The van der Waals surface area contributed by atoms with E-state index in [1.54, 1.807) is 14.2 Å². The lowest BCUT2D eigenvalue weighted by Crippen LogP contribution is -1.88. The largest absolute Gasteiger partial charge is 0.497 e. The van der Waals surface area contributed by atoms with Crippen molar-refractivity contribution >= 4 is 10.9 Å². The predicted molar refractivity (Wildman–Crippen MR) is 80.3 cm³/mol. The highest BCUT2D eigenvalue weighted by atomic mass is 16.5. The third-order valence-electron chi connectivity index (χ3n) is 3.35. The van der Waals surface area contributed by atoms with E-state index in [2.05, 4.69) is 17.1 Å². The molecular formula is C17H15NO2. The molecule has 3 aromatic rings. The summed E-state index contributed by atoms with van der Waals surface area (Å²) in [6.07, 6.45) is 1.82. The van der Waals surface area contributed by atoms with Gasteiger partial charge in [0.25, 0.3) is 0 Å². The van der Waals surface area contributed by atoms with E-state index in [4.69, 9.17) is 9.47 Å². The topological polar surface area (TPSA) is 31.4 Å². The Balaban J connectivity index is 2.14. The first-order valence-corrected chi connectivity index (χ1v) is 6.39. The number of ether oxygens (including phenoxy) is 2. The molecule has 0 spiro atoms. The van der Waals surface area contributed by atoms with Crippen LogP contribution in [0.5, 0.6) is 11.5 Å². The van der Waals surface area contributed by atoms with Gasteiger partial charge in [-0.25, -0.2) is 0 Å². The fourth-order valence-electron chi connectivity index (χ4n) is 2.28. The molecule has 0 amide bonds. The van der Waals surface area contributed by atoms with Gasteiger partial charge in [-0.2, -0.15) is 0 Å². The second-order valence-corrected chi connectivity index (χ2v) is 4.47. The van der Waals surface area contributed by atoms with Crippen LogP contribution in [-0.4, -0.2) is 19.2 Å². The Labute approximate surface area is 117 Å². The van der Waals surface area contributed by atoms with Gasteiger partial charge in [-0.1, -0.05) is 12.1 Å². The molecule has 3 nitrogen and oxygen atoms in total. The van der Waals surface area contributed by atoms with E-state index in [0.717, 1.165) is 33.5 Å². The van der Waals surface area contributed by atoms with Gasteiger partial charge in [-0.05, 0) is 41.5 Å². The summed E-state index contributed by atoms with van der Waals surface area (Å²) < 4.78 is 10.4. The average molecular weight is 265 g/mol. The van der Waals surface area contributed by atoms with Crippen LogP contribution in [0.15, 0.2) is 54.7 Å². The van der Waals surface area contributed by atoms with Gasteiger partial charge in [0, 0.05) is 17.6 Å². The van der Waals surface area contributed by atoms with E-state index in [1.807, 2.05) is 42.6 Å². The molecule has 0 aliphatic carbocycles. The lowest BCUT2D eigenvalue weighted by molar-refractivity contribution is 0.415. The Kier molecular flexibility index (Phi) is 3.25. The van der Waals surface area contributed by atoms with Crippen molar-refractivity contribution < 1.29 is 9.47 Å². The van der Waals surface area contributed by atoms with Gasteiger partial charge in [0.1, 0.15) is 11.5 Å². The molecule has 1 aromatic heterocycles. The molecule has 20 heavy (non-hydrogen) atoms. The van der Waals surface area contributed by atoms with E-state index in [-0.39, 0.29) is 0 Å². The van der Waals surface area contributed by atoms with Crippen molar-refractivity contribution in [2.24, 2.45) is 0 Å². The normalized spacial score (nSPS) is 10.5. The van der Waals surface area contributed by atoms with E-state index >= 15 is 0 Å². The summed E-state index contributed by atoms with van der Waals surface area (Å²) in [4.78, 5) is 4.41. The molecule has 0 aliphatic heterocycles. The Morgan fingerprint density at radius 3 is 2.20 bits per heavy atom. The first kappa shape index (κ1) is 12.5. The van der Waals surface area contributed by atoms with Crippen LogP contribution in [0.1, 0.15) is 0 Å². The third kappa shape index (κ3) is 2.18. The van der Waals surface area contributed by atoms with Gasteiger partial charge in [0.2, 0.25) is 0 Å². The first-order valence-electron chi connectivity index (χ1n) is 6.39. The molecular weight excluding hydrogens is 250 g/mol. The number of rotatable bonds is 3. The van der Waals surface area contributed by atoms with Crippen LogP contribution in [0, 0.1) is 0 Å². The lowest BCUT2D eigenvalue weighted by atomic mass is 10.0. The fraction of sp³-hybridized carbons (Fsp3) is 0.118. The fourth-order valence-corrected chi connectivity index (χ4v) is 2.28. The van der Waals surface area contributed by atoms with Gasteiger partial charge >= 0.3 is 0 Å². The SMILES string of the molecule is COc1ccc(-c2ccnc3cc(OC)ccc23)cc1. The Hall–Kier alpha value is -2.55. The number of hydrogen-bond acceptors (Lipinski definition) is 3. The van der Waals surface area contributed by atoms with E-state index in [9.17, 15) is 0 Å². The maximum atomic E-state index is 5.24. The molecule has 2 aromatic carbocycles. The van der Waals surface area contributed by atoms with Crippen molar-refractivity contribution in [2.75, 3.05) is 14.2 Å². The quantitative estimate of drug-likeness (QED) is 0.719. The lowest BCUT2D eigenvalue weighted by Gasteiger charge is -2.08. The summed E-state index contributed by atoms with van der Waals surface area (Å²) in [6, 6.07) is 16.0. The van der Waals surface area contributed by atoms with Crippen LogP contribution in [0.2, 0.25) is 0 Å². The molecule has 0 fully saturated rings. The summed E-state index contributed by atoms with van der Waals surface area (Å²) in [6.45, 7) is 0. The van der Waals surface area contributed by atoms with Crippen LogP contribution < -0.4 is 9.47 Å². The molecule has 1 heterocycles. The minimum atomic E-state index is 0.817. The molecule has 0 saturated heterocycles. The molecule has 100 valence electrons. The van der Waals surface area contributed by atoms with Gasteiger partial charge in [-0.15, -0.1) is 0 Å². The summed E-state index contributed by atoms with van der Waals surface area (Å²) in [5, 5.41) is 1.11. The second-order valence-electron chi connectivity index (χ2n) is 4.47. The number of methoxy groups -OCH3 is 2. The van der Waals surface area contributed by atoms with Crippen molar-refractivity contribution in [2.45, 2.75) is 0 Å². The van der Waals surface area contributed by atoms with Crippen LogP contribution in [0.4, 0.5) is 0 Å². The van der Waals surface area contributed by atoms with E-state index < -0.39 is 0 Å². The zero-order valence-corrected chi connectivity index (χ0v) is 11.5. The first-order chi connectivity index (χ1) is 9.81. The van der Waals surface area contributed by atoms with Gasteiger partial charge in [-0.3, -0.25) is 4.98 Å². The summed E-state index contributed by atoms with van der Waals surface area (Å²) in [7, 11) is 3.33. The Bertz CT molecular complexity index is 736. The van der Waals surface area contributed by atoms with E-state index in [1.165, 1.54) is 0 Å². The molecule has 0 bridgehead atoms. The van der Waals surface area contributed by atoms with Crippen molar-refractivity contribution in [3.63, 3.8) is 0 Å². The molecule has 0 aliphatic rings. The number of aromatic nitrogens is 1. The van der Waals surface area contributed by atoms with Gasteiger partial charge in [0.05, 0.1) is 19.7 Å². The summed E-state index contributed by atoms with van der Waals surface area (Å²) >= 11 is 0. The third-order valence-corrected chi connectivity index (χ3v) is 3.35. The van der Waals surface area contributed by atoms with Crippen molar-refractivity contribution in [1.29, 1.82) is 0 Å². The van der Waals surface area contributed by atoms with Crippen molar-refractivity contribution in [3.05, 3.63) is 54.7 Å². The minimum Gasteiger partial charge on any atom is -0.497 e. The highest BCUT2D eigenvalue weighted by molar-refractivity contribution is 5.94. The standard InChI is InChI=1S/C17H15NO2/c1-19-13-5-3-12(4-6-13)15-9-10-18-17-11-14(20-2)7-8-16(15)17/h3-11H,1-2H3. The van der Waals surface area contributed by atoms with Crippen LogP contribution in [-0.2, 0) is 0 Å². The van der Waals surface area contributed by atoms with Gasteiger partial charge in [0.15, 0.2) is 0 Å². The second kappa shape index (κ2) is 5.21. The van der Waals surface area contributed by atoms with Crippen LogP contribution in [0.3, 0.4) is 0 Å². The van der Waals surface area contributed by atoms with Crippen molar-refractivity contribution in [3.8, 4) is 22.6 Å².